The van der Waals surface area contributed by atoms with Gasteiger partial charge >= 0.3 is 6.09 Å². The molecule has 39 heavy (non-hydrogen) atoms. The van der Waals surface area contributed by atoms with Gasteiger partial charge in [0.05, 0.1) is 30.6 Å². The lowest BCUT2D eigenvalue weighted by molar-refractivity contribution is 0.0932. The molecule has 0 aliphatic carbocycles. The van der Waals surface area contributed by atoms with Crippen molar-refractivity contribution < 1.29 is 23.5 Å². The summed E-state index contributed by atoms with van der Waals surface area (Å²) in [6.07, 6.45) is 1.19. The molecule has 1 aromatic carbocycles. The smallest absolute Gasteiger partial charge is 0.411 e. The molecule has 13 heteroatoms. The number of nitrogens with one attached hydrogen (secondary N) is 3. The fraction of sp³-hybridized carbons (Fsp3) is 0.269. The maximum atomic E-state index is 14.1. The van der Waals surface area contributed by atoms with Crippen molar-refractivity contribution in [3.8, 4) is 17.0 Å². The van der Waals surface area contributed by atoms with Gasteiger partial charge in [0.25, 0.3) is 5.91 Å². The van der Waals surface area contributed by atoms with E-state index in [1.807, 2.05) is 0 Å². The van der Waals surface area contributed by atoms with Crippen LogP contribution in [0.1, 0.15) is 36.7 Å². The minimum absolute atomic E-state index is 0.105. The second-order valence-electron chi connectivity index (χ2n) is 9.28. The summed E-state index contributed by atoms with van der Waals surface area (Å²) in [4.78, 5) is 33.7. The molecule has 1 atom stereocenters. The Morgan fingerprint density at radius 3 is 2.77 bits per heavy atom. The van der Waals surface area contributed by atoms with Gasteiger partial charge in [-0.1, -0.05) is 12.1 Å². The molecule has 12 nitrogen and oxygen atoms in total. The zero-order valence-corrected chi connectivity index (χ0v) is 21.5. The van der Waals surface area contributed by atoms with Crippen molar-refractivity contribution in [2.24, 2.45) is 0 Å². The van der Waals surface area contributed by atoms with Crippen molar-refractivity contribution in [2.45, 2.75) is 39.5 Å². The standard InChI is InChI=1S/C26H27FN8O4/c1-13(2)38-26(37)33-18-6-4-15(5-7-18)20-21(28)35-23-19(12-32-35)24(36)30-9-14(3)39-25-16(8-17(27)11-31-25)10-29-22(20)34-23/h4-8,11-14H,9-10,28H2,1-3H3,(H,29,34)(H,30,36)(H,33,37). The maximum Gasteiger partial charge on any atom is 0.411 e. The third-order valence-electron chi connectivity index (χ3n) is 5.89. The molecular formula is C26H27FN8O4. The monoisotopic (exact) mass is 534 g/mol. The van der Waals surface area contributed by atoms with E-state index in [0.29, 0.717) is 28.2 Å². The van der Waals surface area contributed by atoms with E-state index in [2.05, 4.69) is 31.0 Å². The van der Waals surface area contributed by atoms with Gasteiger partial charge in [-0.3, -0.25) is 10.1 Å². The van der Waals surface area contributed by atoms with Gasteiger partial charge in [-0.05, 0) is 44.5 Å². The zero-order chi connectivity index (χ0) is 27.7. The number of amides is 2. The number of nitrogen functional groups attached to an aromatic ring is 1. The average molecular weight is 535 g/mol. The van der Waals surface area contributed by atoms with Gasteiger partial charge in [0.2, 0.25) is 5.88 Å². The molecule has 3 aromatic heterocycles. The van der Waals surface area contributed by atoms with Gasteiger partial charge in [0.15, 0.2) is 5.65 Å². The van der Waals surface area contributed by atoms with Gasteiger partial charge in [-0.2, -0.15) is 9.61 Å². The number of nitrogens with two attached hydrogens (primary N) is 1. The van der Waals surface area contributed by atoms with Crippen LogP contribution in [-0.2, 0) is 11.3 Å². The number of anilines is 3. The number of aromatic nitrogens is 4. The van der Waals surface area contributed by atoms with Crippen LogP contribution in [0, 0.1) is 5.82 Å². The van der Waals surface area contributed by atoms with Crippen LogP contribution in [0.3, 0.4) is 0 Å². The van der Waals surface area contributed by atoms with Crippen LogP contribution < -0.4 is 26.4 Å². The number of fused-ring (bicyclic) bond motifs is 2. The number of rotatable bonds is 3. The quantitative estimate of drug-likeness (QED) is 0.308. The van der Waals surface area contributed by atoms with Crippen LogP contribution in [0.4, 0.5) is 26.5 Å². The van der Waals surface area contributed by atoms with Crippen molar-refractivity contribution in [1.29, 1.82) is 0 Å². The van der Waals surface area contributed by atoms with Gasteiger partial charge in [-0.25, -0.2) is 19.2 Å². The highest BCUT2D eigenvalue weighted by Gasteiger charge is 2.23. The number of pyridine rings is 1. The molecule has 4 aromatic rings. The molecule has 5 N–H and O–H groups in total. The summed E-state index contributed by atoms with van der Waals surface area (Å²) in [7, 11) is 0. The van der Waals surface area contributed by atoms with E-state index in [1.54, 1.807) is 45.0 Å². The third-order valence-corrected chi connectivity index (χ3v) is 5.89. The van der Waals surface area contributed by atoms with Crippen LogP contribution in [0.15, 0.2) is 42.7 Å². The highest BCUT2D eigenvalue weighted by atomic mass is 19.1. The molecule has 2 amide bonds. The number of benzene rings is 1. The van der Waals surface area contributed by atoms with Crippen LogP contribution >= 0.6 is 0 Å². The maximum absolute atomic E-state index is 14.1. The Morgan fingerprint density at radius 1 is 1.26 bits per heavy atom. The summed E-state index contributed by atoms with van der Waals surface area (Å²) in [5.74, 6) is -0.145. The van der Waals surface area contributed by atoms with E-state index < -0.39 is 23.9 Å². The van der Waals surface area contributed by atoms with E-state index in [9.17, 15) is 14.0 Å². The molecule has 1 aliphatic rings. The van der Waals surface area contributed by atoms with Crippen LogP contribution in [0.2, 0.25) is 0 Å². The SMILES string of the molecule is CC(C)OC(=O)Nc1ccc(-c2c3nc4c(cnn4c2N)C(=O)NCC(C)Oc2ncc(F)cc2CN3)cc1. The van der Waals surface area contributed by atoms with Crippen molar-refractivity contribution in [3.05, 3.63) is 59.7 Å². The Bertz CT molecular complexity index is 1550. The fourth-order valence-electron chi connectivity index (χ4n) is 4.11. The molecule has 0 spiro atoms. The Morgan fingerprint density at radius 2 is 2.03 bits per heavy atom. The van der Waals surface area contributed by atoms with E-state index in [1.165, 1.54) is 16.8 Å². The summed E-state index contributed by atoms with van der Waals surface area (Å²) in [5.41, 5.74) is 9.16. The first kappa shape index (κ1) is 25.7. The molecule has 1 aliphatic heterocycles. The van der Waals surface area contributed by atoms with Gasteiger partial charge in [0, 0.05) is 17.8 Å². The number of carbonyl (C=O) groups excluding carboxylic acids is 2. The number of hydrogen-bond donors (Lipinski definition) is 4. The minimum Gasteiger partial charge on any atom is -0.473 e. The molecular weight excluding hydrogens is 507 g/mol. The predicted octanol–water partition coefficient (Wildman–Crippen LogP) is 3.59. The molecule has 1 unspecified atom stereocenters. The molecule has 5 rings (SSSR count). The molecule has 0 fully saturated rings. The number of carbonyl (C=O) groups is 2. The largest absolute Gasteiger partial charge is 0.473 e. The first-order chi connectivity index (χ1) is 18.7. The average Bonchev–Trinajstić information content (AvgIpc) is 3.31. The van der Waals surface area contributed by atoms with E-state index in [-0.39, 0.29) is 42.1 Å². The Hall–Kier alpha value is -4.94. The molecule has 0 saturated carbocycles. The summed E-state index contributed by atoms with van der Waals surface area (Å²) in [5, 5.41) is 13.0. The van der Waals surface area contributed by atoms with Crippen molar-refractivity contribution in [1.82, 2.24) is 24.9 Å². The number of nitrogens with zero attached hydrogens (tertiary/aromatic N) is 4. The number of hydrogen-bond acceptors (Lipinski definition) is 9. The van der Waals surface area contributed by atoms with Crippen LogP contribution in [0.25, 0.3) is 16.8 Å². The minimum atomic E-state index is -0.571. The fourth-order valence-corrected chi connectivity index (χ4v) is 4.11. The summed E-state index contributed by atoms with van der Waals surface area (Å²) < 4.78 is 26.5. The second-order valence-corrected chi connectivity index (χ2v) is 9.28. The molecule has 0 saturated heterocycles. The molecule has 2 bridgehead atoms. The van der Waals surface area contributed by atoms with Crippen molar-refractivity contribution in [3.63, 3.8) is 0 Å². The number of ether oxygens (including phenoxy) is 2. The normalized spacial score (nSPS) is 15.3. The summed E-state index contributed by atoms with van der Waals surface area (Å²) in [6, 6.07) is 8.21. The first-order valence-electron chi connectivity index (χ1n) is 12.3. The third kappa shape index (κ3) is 5.37. The molecule has 4 heterocycles. The van der Waals surface area contributed by atoms with E-state index in [0.717, 1.165) is 6.20 Å². The molecule has 0 radical (unpaired) electrons. The summed E-state index contributed by atoms with van der Waals surface area (Å²) in [6.45, 7) is 5.56. The van der Waals surface area contributed by atoms with Crippen LogP contribution in [0.5, 0.6) is 5.88 Å². The van der Waals surface area contributed by atoms with Gasteiger partial charge in [0.1, 0.15) is 29.1 Å². The van der Waals surface area contributed by atoms with Crippen molar-refractivity contribution >= 4 is 35.0 Å². The summed E-state index contributed by atoms with van der Waals surface area (Å²) >= 11 is 0. The van der Waals surface area contributed by atoms with E-state index in [4.69, 9.17) is 15.2 Å². The topological polar surface area (TPSA) is 158 Å². The second kappa shape index (κ2) is 10.4. The zero-order valence-electron chi connectivity index (χ0n) is 21.5. The number of halogens is 1. The highest BCUT2D eigenvalue weighted by Crippen LogP contribution is 2.35. The van der Waals surface area contributed by atoms with E-state index >= 15 is 0 Å². The molecule has 202 valence electrons. The first-order valence-corrected chi connectivity index (χ1v) is 12.3. The van der Waals surface area contributed by atoms with Gasteiger partial charge in [-0.15, -0.1) is 0 Å². The van der Waals surface area contributed by atoms with Gasteiger partial charge < -0.3 is 25.8 Å². The van der Waals surface area contributed by atoms with Crippen molar-refractivity contribution in [2.75, 3.05) is 22.9 Å². The van der Waals surface area contributed by atoms with Crippen LogP contribution in [-0.4, -0.2) is 50.3 Å². The lowest BCUT2D eigenvalue weighted by Gasteiger charge is -2.18. The lowest BCUT2D eigenvalue weighted by atomic mass is 10.1. The highest BCUT2D eigenvalue weighted by molar-refractivity contribution is 6.01. The Labute approximate surface area is 222 Å². The Balaban J connectivity index is 1.58. The Kier molecular flexibility index (Phi) is 6.88. The predicted molar refractivity (Wildman–Crippen MR) is 142 cm³/mol. The lowest BCUT2D eigenvalue weighted by Crippen LogP contribution is -2.33.